The van der Waals surface area contributed by atoms with E-state index in [4.69, 9.17) is 23.2 Å². The number of hydrogen-bond donors (Lipinski definition) is 1. The average Bonchev–Trinajstić information content (AvgIpc) is 2.97. The summed E-state index contributed by atoms with van der Waals surface area (Å²) in [6.45, 7) is 0.577. The summed E-state index contributed by atoms with van der Waals surface area (Å²) in [6.07, 6.45) is 0.293. The van der Waals surface area contributed by atoms with Crippen molar-refractivity contribution >= 4 is 40.4 Å². The first-order chi connectivity index (χ1) is 10.5. The highest BCUT2D eigenvalue weighted by Gasteiger charge is 2.16. The predicted molar refractivity (Wildman–Crippen MR) is 93.9 cm³/mol. The molecule has 118 valence electrons. The standard InChI is InChI=1S/C16H18Cl2N2OS/c1-20(2)14(15-4-3-7-22-15)10-19-16(21)9-11-5-6-12(17)13(18)8-11/h3-8,14H,9-10H2,1-2H3,(H,19,21). The average molecular weight is 357 g/mol. The van der Waals surface area contributed by atoms with Crippen LogP contribution in [0.2, 0.25) is 10.0 Å². The molecule has 2 rings (SSSR count). The minimum Gasteiger partial charge on any atom is -0.354 e. The maximum atomic E-state index is 12.1. The van der Waals surface area contributed by atoms with Crippen molar-refractivity contribution in [2.24, 2.45) is 0 Å². The van der Waals surface area contributed by atoms with Gasteiger partial charge in [-0.2, -0.15) is 0 Å². The van der Waals surface area contributed by atoms with Gasteiger partial charge in [-0.1, -0.05) is 35.3 Å². The van der Waals surface area contributed by atoms with Crippen molar-refractivity contribution in [3.63, 3.8) is 0 Å². The summed E-state index contributed by atoms with van der Waals surface area (Å²) in [7, 11) is 4.02. The third-order valence-corrected chi connectivity index (χ3v) is 5.05. The van der Waals surface area contributed by atoms with E-state index >= 15 is 0 Å². The van der Waals surface area contributed by atoms with E-state index in [1.165, 1.54) is 4.88 Å². The number of amides is 1. The monoisotopic (exact) mass is 356 g/mol. The van der Waals surface area contributed by atoms with Crippen LogP contribution < -0.4 is 5.32 Å². The predicted octanol–water partition coefficient (Wildman–Crippen LogP) is 4.02. The molecule has 0 fully saturated rings. The lowest BCUT2D eigenvalue weighted by atomic mass is 10.1. The molecule has 6 heteroatoms. The molecule has 22 heavy (non-hydrogen) atoms. The molecule has 1 atom stereocenters. The molecule has 1 aromatic heterocycles. The van der Waals surface area contributed by atoms with Gasteiger partial charge in [-0.3, -0.25) is 4.79 Å². The van der Waals surface area contributed by atoms with E-state index in [0.717, 1.165) is 5.56 Å². The van der Waals surface area contributed by atoms with Gasteiger partial charge >= 0.3 is 0 Å². The molecule has 0 spiro atoms. The van der Waals surface area contributed by atoms with Crippen molar-refractivity contribution in [1.82, 2.24) is 10.2 Å². The molecule has 0 aliphatic carbocycles. The molecule has 1 aromatic carbocycles. The van der Waals surface area contributed by atoms with E-state index in [9.17, 15) is 4.79 Å². The fraction of sp³-hybridized carbons (Fsp3) is 0.312. The molecule has 0 saturated carbocycles. The van der Waals surface area contributed by atoms with Gasteiger partial charge in [0.25, 0.3) is 0 Å². The summed E-state index contributed by atoms with van der Waals surface area (Å²) < 4.78 is 0. The third kappa shape index (κ3) is 4.71. The summed E-state index contributed by atoms with van der Waals surface area (Å²) in [6, 6.07) is 9.54. The van der Waals surface area contributed by atoms with Gasteiger partial charge in [-0.05, 0) is 43.2 Å². The van der Waals surface area contributed by atoms with E-state index in [1.807, 2.05) is 31.6 Å². The molecular formula is C16H18Cl2N2OS. The lowest BCUT2D eigenvalue weighted by molar-refractivity contribution is -0.120. The minimum atomic E-state index is -0.0261. The van der Waals surface area contributed by atoms with Crippen LogP contribution in [0, 0.1) is 0 Å². The molecule has 1 amide bonds. The Bertz CT molecular complexity index is 629. The number of nitrogens with one attached hydrogen (secondary N) is 1. The maximum absolute atomic E-state index is 12.1. The number of halogens is 2. The zero-order chi connectivity index (χ0) is 16.1. The van der Waals surface area contributed by atoms with Crippen LogP contribution in [0.5, 0.6) is 0 Å². The lowest BCUT2D eigenvalue weighted by Crippen LogP contribution is -2.34. The highest BCUT2D eigenvalue weighted by molar-refractivity contribution is 7.10. The third-order valence-electron chi connectivity index (χ3n) is 3.34. The number of rotatable bonds is 6. The van der Waals surface area contributed by atoms with Gasteiger partial charge in [0.1, 0.15) is 0 Å². The normalized spacial score (nSPS) is 12.4. The highest BCUT2D eigenvalue weighted by Crippen LogP contribution is 2.23. The molecule has 0 saturated heterocycles. The van der Waals surface area contributed by atoms with E-state index in [-0.39, 0.29) is 11.9 Å². The Morgan fingerprint density at radius 3 is 2.64 bits per heavy atom. The van der Waals surface area contributed by atoms with Crippen LogP contribution in [0.15, 0.2) is 35.7 Å². The van der Waals surface area contributed by atoms with Gasteiger partial charge in [0.05, 0.1) is 22.5 Å². The van der Waals surface area contributed by atoms with Crippen molar-refractivity contribution in [2.75, 3.05) is 20.6 Å². The Hall–Kier alpha value is -1.07. The first-order valence-electron chi connectivity index (χ1n) is 6.88. The molecule has 0 radical (unpaired) electrons. The lowest BCUT2D eigenvalue weighted by Gasteiger charge is -2.23. The second-order valence-corrected chi connectivity index (χ2v) is 7.02. The van der Waals surface area contributed by atoms with Crippen LogP contribution in [0.4, 0.5) is 0 Å². The van der Waals surface area contributed by atoms with Gasteiger partial charge in [-0.15, -0.1) is 11.3 Å². The largest absolute Gasteiger partial charge is 0.354 e. The second kappa shape index (κ2) is 7.97. The van der Waals surface area contributed by atoms with E-state index in [0.29, 0.717) is 23.0 Å². The first kappa shape index (κ1) is 17.3. The van der Waals surface area contributed by atoms with Crippen molar-refractivity contribution in [3.8, 4) is 0 Å². The molecule has 2 aromatic rings. The fourth-order valence-corrected chi connectivity index (χ4v) is 3.37. The number of carbonyl (C=O) groups excluding carboxylic acids is 1. The number of benzene rings is 1. The molecule has 1 unspecified atom stereocenters. The van der Waals surface area contributed by atoms with Crippen molar-refractivity contribution in [1.29, 1.82) is 0 Å². The molecule has 1 N–H and O–H groups in total. The molecule has 0 aliphatic rings. The van der Waals surface area contributed by atoms with Gasteiger partial charge < -0.3 is 10.2 Å². The second-order valence-electron chi connectivity index (χ2n) is 5.22. The summed E-state index contributed by atoms with van der Waals surface area (Å²) >= 11 is 13.5. The quantitative estimate of drug-likeness (QED) is 0.847. The zero-order valence-electron chi connectivity index (χ0n) is 12.5. The first-order valence-corrected chi connectivity index (χ1v) is 8.51. The summed E-state index contributed by atoms with van der Waals surface area (Å²) in [5.74, 6) is -0.0261. The van der Waals surface area contributed by atoms with E-state index in [1.54, 1.807) is 23.5 Å². The molecule has 0 bridgehead atoms. The Kier molecular flexibility index (Phi) is 6.26. The van der Waals surface area contributed by atoms with Crippen molar-refractivity contribution < 1.29 is 4.79 Å². The Labute approximate surface area is 144 Å². The SMILES string of the molecule is CN(C)C(CNC(=O)Cc1ccc(Cl)c(Cl)c1)c1cccs1. The minimum absolute atomic E-state index is 0.0261. The van der Waals surface area contributed by atoms with Gasteiger partial charge in [0.15, 0.2) is 0 Å². The van der Waals surface area contributed by atoms with Crippen LogP contribution in [-0.4, -0.2) is 31.4 Å². The van der Waals surface area contributed by atoms with Crippen molar-refractivity contribution in [2.45, 2.75) is 12.5 Å². The van der Waals surface area contributed by atoms with Crippen LogP contribution in [0.3, 0.4) is 0 Å². The van der Waals surface area contributed by atoms with Crippen molar-refractivity contribution in [3.05, 3.63) is 56.2 Å². The Morgan fingerprint density at radius 2 is 2.05 bits per heavy atom. The number of thiophene rings is 1. The summed E-state index contributed by atoms with van der Waals surface area (Å²) in [4.78, 5) is 15.4. The van der Waals surface area contributed by atoms with Crippen LogP contribution in [0.1, 0.15) is 16.5 Å². The highest BCUT2D eigenvalue weighted by atomic mass is 35.5. The van der Waals surface area contributed by atoms with Gasteiger partial charge in [0.2, 0.25) is 5.91 Å². The molecule has 3 nitrogen and oxygen atoms in total. The Balaban J connectivity index is 1.92. The van der Waals surface area contributed by atoms with E-state index < -0.39 is 0 Å². The number of likely N-dealkylation sites (N-methyl/N-ethyl adjacent to an activating group) is 1. The topological polar surface area (TPSA) is 32.3 Å². The smallest absolute Gasteiger partial charge is 0.224 e. The van der Waals surface area contributed by atoms with Gasteiger partial charge in [0, 0.05) is 11.4 Å². The van der Waals surface area contributed by atoms with Crippen LogP contribution in [-0.2, 0) is 11.2 Å². The number of nitrogens with zero attached hydrogens (tertiary/aromatic N) is 1. The summed E-state index contributed by atoms with van der Waals surface area (Å²) in [5, 5.41) is 6.00. The molecule has 0 aliphatic heterocycles. The van der Waals surface area contributed by atoms with E-state index in [2.05, 4.69) is 16.3 Å². The van der Waals surface area contributed by atoms with Gasteiger partial charge in [-0.25, -0.2) is 0 Å². The number of carbonyl (C=O) groups is 1. The number of hydrogen-bond acceptors (Lipinski definition) is 3. The molecule has 1 heterocycles. The fourth-order valence-electron chi connectivity index (χ4n) is 2.13. The zero-order valence-corrected chi connectivity index (χ0v) is 14.8. The maximum Gasteiger partial charge on any atom is 0.224 e. The molecular weight excluding hydrogens is 339 g/mol. The Morgan fingerprint density at radius 1 is 1.27 bits per heavy atom. The van der Waals surface area contributed by atoms with Crippen LogP contribution >= 0.6 is 34.5 Å². The van der Waals surface area contributed by atoms with Crippen LogP contribution in [0.25, 0.3) is 0 Å². The summed E-state index contributed by atoms with van der Waals surface area (Å²) in [5.41, 5.74) is 0.851.